The summed E-state index contributed by atoms with van der Waals surface area (Å²) in [7, 11) is 0. The Hall–Kier alpha value is -6.13. The van der Waals surface area contributed by atoms with Gasteiger partial charge in [-0.2, -0.15) is 0 Å². The first kappa shape index (κ1) is 30.2. The normalized spacial score (nSPS) is 11.2. The quantitative estimate of drug-likeness (QED) is 0.159. The topological polar surface area (TPSA) is 51.8 Å². The Labute approximate surface area is 286 Å². The van der Waals surface area contributed by atoms with E-state index in [0.29, 0.717) is 17.5 Å². The van der Waals surface area contributed by atoms with Crippen LogP contribution in [0.3, 0.4) is 0 Å². The molecule has 4 heteroatoms. The molecule has 0 radical (unpaired) electrons. The smallest absolute Gasteiger partial charge is 0.164 e. The standard InChI is InChI=1S/C45H35N3O/c1-31-16-8-10-26-37(31)41-39-28-12-13-29-40(39)49-42(41)38-27-11-9-19-33(38)24-14-17-32-18-15-25-36(30-32)45-47-43(34-20-4-2-5-21-34)46-44(48-45)35-22-6-3-7-23-35/h2-13,15-16,18-23,25-30H,14,17,24H2,1H3. The second-order valence-corrected chi connectivity index (χ2v) is 12.4. The molecule has 0 amide bonds. The van der Waals surface area contributed by atoms with E-state index >= 15 is 0 Å². The van der Waals surface area contributed by atoms with E-state index < -0.39 is 0 Å². The fourth-order valence-corrected chi connectivity index (χ4v) is 6.60. The summed E-state index contributed by atoms with van der Waals surface area (Å²) < 4.78 is 6.63. The zero-order valence-corrected chi connectivity index (χ0v) is 27.4. The number of benzene rings is 6. The van der Waals surface area contributed by atoms with Crippen molar-refractivity contribution in [1.82, 2.24) is 15.0 Å². The first-order valence-corrected chi connectivity index (χ1v) is 16.8. The summed E-state index contributed by atoms with van der Waals surface area (Å²) in [6.07, 6.45) is 2.84. The minimum Gasteiger partial charge on any atom is -0.455 e. The van der Waals surface area contributed by atoms with Gasteiger partial charge in [-0.25, -0.2) is 15.0 Å². The molecule has 0 N–H and O–H groups in total. The van der Waals surface area contributed by atoms with E-state index in [4.69, 9.17) is 19.4 Å². The van der Waals surface area contributed by atoms with Crippen LogP contribution in [0, 0.1) is 6.92 Å². The maximum atomic E-state index is 6.63. The zero-order chi connectivity index (χ0) is 33.0. The highest BCUT2D eigenvalue weighted by molar-refractivity contribution is 6.02. The van der Waals surface area contributed by atoms with Crippen LogP contribution in [0.4, 0.5) is 0 Å². The molecule has 2 aromatic heterocycles. The average molecular weight is 634 g/mol. The van der Waals surface area contributed by atoms with Crippen molar-refractivity contribution in [3.8, 4) is 56.6 Å². The lowest BCUT2D eigenvalue weighted by Crippen LogP contribution is -2.00. The lowest BCUT2D eigenvalue weighted by molar-refractivity contribution is 0.631. The number of nitrogens with zero attached hydrogens (tertiary/aromatic N) is 3. The van der Waals surface area contributed by atoms with Gasteiger partial charge >= 0.3 is 0 Å². The van der Waals surface area contributed by atoms with Crippen molar-refractivity contribution in [3.63, 3.8) is 0 Å². The van der Waals surface area contributed by atoms with Crippen LogP contribution in [0.2, 0.25) is 0 Å². The second kappa shape index (κ2) is 13.5. The van der Waals surface area contributed by atoms with Crippen LogP contribution in [-0.4, -0.2) is 15.0 Å². The molecule has 0 aliphatic carbocycles. The molecule has 0 saturated heterocycles. The van der Waals surface area contributed by atoms with Gasteiger partial charge in [0.05, 0.1) is 0 Å². The molecule has 0 aliphatic rings. The van der Waals surface area contributed by atoms with Crippen LogP contribution in [0.5, 0.6) is 0 Å². The van der Waals surface area contributed by atoms with Gasteiger partial charge in [0, 0.05) is 33.2 Å². The molecule has 8 aromatic rings. The molecule has 4 nitrogen and oxygen atoms in total. The van der Waals surface area contributed by atoms with E-state index in [1.807, 2.05) is 66.7 Å². The van der Waals surface area contributed by atoms with Gasteiger partial charge in [-0.3, -0.25) is 0 Å². The summed E-state index contributed by atoms with van der Waals surface area (Å²) in [6, 6.07) is 54.4. The Morgan fingerprint density at radius 3 is 1.78 bits per heavy atom. The molecule has 0 unspecified atom stereocenters. The van der Waals surface area contributed by atoms with Crippen LogP contribution < -0.4 is 0 Å². The number of hydrogen-bond acceptors (Lipinski definition) is 4. The molecule has 236 valence electrons. The van der Waals surface area contributed by atoms with Crippen molar-refractivity contribution in [1.29, 1.82) is 0 Å². The molecule has 49 heavy (non-hydrogen) atoms. The lowest BCUT2D eigenvalue weighted by atomic mass is 9.92. The molecule has 0 bridgehead atoms. The Balaban J connectivity index is 1.08. The summed E-state index contributed by atoms with van der Waals surface area (Å²) in [5.74, 6) is 2.95. The predicted octanol–water partition coefficient (Wildman–Crippen LogP) is 11.4. The first-order chi connectivity index (χ1) is 24.2. The van der Waals surface area contributed by atoms with E-state index in [9.17, 15) is 0 Å². The lowest BCUT2D eigenvalue weighted by Gasteiger charge is -2.12. The number of fused-ring (bicyclic) bond motifs is 1. The van der Waals surface area contributed by atoms with E-state index in [2.05, 4.69) is 97.9 Å². The molecule has 2 heterocycles. The van der Waals surface area contributed by atoms with Crippen LogP contribution >= 0.6 is 0 Å². The van der Waals surface area contributed by atoms with E-state index in [-0.39, 0.29) is 0 Å². The summed E-state index contributed by atoms with van der Waals surface area (Å²) in [4.78, 5) is 14.7. The van der Waals surface area contributed by atoms with Gasteiger partial charge < -0.3 is 4.42 Å². The highest BCUT2D eigenvalue weighted by Gasteiger charge is 2.20. The van der Waals surface area contributed by atoms with Gasteiger partial charge in [0.25, 0.3) is 0 Å². The van der Waals surface area contributed by atoms with Crippen molar-refractivity contribution in [2.45, 2.75) is 26.2 Å². The predicted molar refractivity (Wildman–Crippen MR) is 200 cm³/mol. The Morgan fingerprint density at radius 2 is 1.06 bits per heavy atom. The summed E-state index contributed by atoms with van der Waals surface area (Å²) in [5, 5.41) is 1.14. The summed E-state index contributed by atoms with van der Waals surface area (Å²) in [6.45, 7) is 2.17. The van der Waals surface area contributed by atoms with Gasteiger partial charge in [-0.1, -0.05) is 146 Å². The molecular formula is C45H35N3O. The molecule has 0 fully saturated rings. The van der Waals surface area contributed by atoms with Crippen molar-refractivity contribution >= 4 is 11.0 Å². The third kappa shape index (κ3) is 6.29. The monoisotopic (exact) mass is 633 g/mol. The van der Waals surface area contributed by atoms with Crippen LogP contribution in [0.25, 0.3) is 67.6 Å². The van der Waals surface area contributed by atoms with Crippen molar-refractivity contribution < 1.29 is 4.42 Å². The van der Waals surface area contributed by atoms with Crippen LogP contribution in [0.1, 0.15) is 23.1 Å². The van der Waals surface area contributed by atoms with Crippen molar-refractivity contribution in [2.24, 2.45) is 0 Å². The Bertz CT molecular complexity index is 2320. The van der Waals surface area contributed by atoms with E-state index in [1.165, 1.54) is 22.3 Å². The highest BCUT2D eigenvalue weighted by Crippen LogP contribution is 2.43. The third-order valence-electron chi connectivity index (χ3n) is 9.07. The molecular weight excluding hydrogens is 599 g/mol. The van der Waals surface area contributed by atoms with Gasteiger partial charge in [-0.05, 0) is 60.6 Å². The molecule has 0 saturated carbocycles. The number of hydrogen-bond donors (Lipinski definition) is 0. The van der Waals surface area contributed by atoms with Crippen LogP contribution in [0.15, 0.2) is 162 Å². The number of rotatable bonds is 9. The molecule has 0 aliphatic heterocycles. The van der Waals surface area contributed by atoms with Gasteiger partial charge in [-0.15, -0.1) is 0 Å². The second-order valence-electron chi connectivity index (χ2n) is 12.4. The van der Waals surface area contributed by atoms with E-state index in [1.54, 1.807) is 0 Å². The third-order valence-corrected chi connectivity index (χ3v) is 9.07. The minimum absolute atomic E-state index is 0.669. The largest absolute Gasteiger partial charge is 0.455 e. The van der Waals surface area contributed by atoms with Gasteiger partial charge in [0.2, 0.25) is 0 Å². The van der Waals surface area contributed by atoms with Gasteiger partial charge in [0.15, 0.2) is 17.5 Å². The Morgan fingerprint density at radius 1 is 0.490 bits per heavy atom. The molecule has 0 atom stereocenters. The Kier molecular flexibility index (Phi) is 8.35. The highest BCUT2D eigenvalue weighted by atomic mass is 16.3. The molecule has 6 aromatic carbocycles. The van der Waals surface area contributed by atoms with Gasteiger partial charge in [0.1, 0.15) is 11.3 Å². The van der Waals surface area contributed by atoms with Crippen LogP contribution in [-0.2, 0) is 12.8 Å². The summed E-state index contributed by atoms with van der Waals surface area (Å²) in [5.41, 5.74) is 11.1. The summed E-state index contributed by atoms with van der Waals surface area (Å²) >= 11 is 0. The number of aromatic nitrogens is 3. The number of furan rings is 1. The maximum Gasteiger partial charge on any atom is 0.164 e. The first-order valence-electron chi connectivity index (χ1n) is 16.8. The zero-order valence-electron chi connectivity index (χ0n) is 27.4. The van der Waals surface area contributed by atoms with E-state index in [0.717, 1.165) is 63.8 Å². The number of para-hydroxylation sites is 1. The maximum absolute atomic E-state index is 6.63. The molecule has 8 rings (SSSR count). The van der Waals surface area contributed by atoms with Crippen molar-refractivity contribution in [3.05, 3.63) is 174 Å². The molecule has 0 spiro atoms. The average Bonchev–Trinajstić information content (AvgIpc) is 3.55. The fraction of sp³-hybridized carbons (Fsp3) is 0.0889. The number of aryl methyl sites for hydroxylation is 3. The fourth-order valence-electron chi connectivity index (χ4n) is 6.60. The minimum atomic E-state index is 0.669. The SMILES string of the molecule is Cc1ccccc1-c1c(-c2ccccc2CCCc2cccc(-c3nc(-c4ccccc4)nc(-c4ccccc4)n3)c2)oc2ccccc12. The van der Waals surface area contributed by atoms with Crippen molar-refractivity contribution in [2.75, 3.05) is 0 Å².